The summed E-state index contributed by atoms with van der Waals surface area (Å²) in [6.07, 6.45) is 2.20. The van der Waals surface area contributed by atoms with Crippen LogP contribution in [0.5, 0.6) is 0 Å². The second-order valence-corrected chi connectivity index (χ2v) is 7.81. The molecule has 2 heterocycles. The SMILES string of the molecule is CC(C)CNc1nncc(N(C)C2CCS(=O)(=O)C2)n1. The van der Waals surface area contributed by atoms with Crippen LogP contribution in [0.15, 0.2) is 6.20 Å². The minimum atomic E-state index is -2.90. The lowest BCUT2D eigenvalue weighted by Gasteiger charge is -2.24. The molecule has 8 heteroatoms. The zero-order valence-corrected chi connectivity index (χ0v) is 12.9. The summed E-state index contributed by atoms with van der Waals surface area (Å²) in [5.74, 6) is 2.04. The summed E-state index contributed by atoms with van der Waals surface area (Å²) in [5.41, 5.74) is 0. The molecule has 0 saturated carbocycles. The fraction of sp³-hybridized carbons (Fsp3) is 0.750. The first-order valence-electron chi connectivity index (χ1n) is 6.74. The van der Waals surface area contributed by atoms with Crippen LogP contribution in [0, 0.1) is 5.92 Å². The van der Waals surface area contributed by atoms with Crippen LogP contribution in [0.4, 0.5) is 11.8 Å². The molecule has 2 rings (SSSR count). The molecule has 1 aliphatic rings. The van der Waals surface area contributed by atoms with E-state index in [-0.39, 0.29) is 17.5 Å². The Bertz CT molecular complexity index is 561. The van der Waals surface area contributed by atoms with Crippen molar-refractivity contribution in [3.8, 4) is 0 Å². The van der Waals surface area contributed by atoms with E-state index < -0.39 is 9.84 Å². The van der Waals surface area contributed by atoms with Crippen molar-refractivity contribution in [1.82, 2.24) is 15.2 Å². The zero-order chi connectivity index (χ0) is 14.8. The van der Waals surface area contributed by atoms with Crippen molar-refractivity contribution >= 4 is 21.6 Å². The van der Waals surface area contributed by atoms with Crippen molar-refractivity contribution in [1.29, 1.82) is 0 Å². The molecule has 7 nitrogen and oxygen atoms in total. The molecule has 1 fully saturated rings. The van der Waals surface area contributed by atoms with Gasteiger partial charge in [-0.1, -0.05) is 13.8 Å². The predicted octanol–water partition coefficient (Wildman–Crippen LogP) is 0.563. The van der Waals surface area contributed by atoms with Crippen molar-refractivity contribution in [3.63, 3.8) is 0 Å². The van der Waals surface area contributed by atoms with Crippen LogP contribution < -0.4 is 10.2 Å². The summed E-state index contributed by atoms with van der Waals surface area (Å²) >= 11 is 0. The third-order valence-corrected chi connectivity index (χ3v) is 5.08. The van der Waals surface area contributed by atoms with Crippen LogP contribution in [-0.4, -0.2) is 54.7 Å². The van der Waals surface area contributed by atoms with E-state index in [2.05, 4.69) is 34.3 Å². The molecular weight excluding hydrogens is 278 g/mol. The van der Waals surface area contributed by atoms with E-state index in [4.69, 9.17) is 0 Å². The molecule has 1 saturated heterocycles. The van der Waals surface area contributed by atoms with E-state index in [1.165, 1.54) is 0 Å². The molecule has 0 spiro atoms. The van der Waals surface area contributed by atoms with Gasteiger partial charge in [-0.15, -0.1) is 5.10 Å². The van der Waals surface area contributed by atoms with Crippen LogP contribution in [0.25, 0.3) is 0 Å². The first-order chi connectivity index (χ1) is 9.37. The van der Waals surface area contributed by atoms with Gasteiger partial charge in [0, 0.05) is 19.6 Å². The molecule has 0 radical (unpaired) electrons. The summed E-state index contributed by atoms with van der Waals surface area (Å²) in [6, 6.07) is -0.0327. The minimum absolute atomic E-state index is 0.0327. The van der Waals surface area contributed by atoms with Gasteiger partial charge in [-0.2, -0.15) is 10.1 Å². The maximum atomic E-state index is 11.5. The van der Waals surface area contributed by atoms with Crippen LogP contribution >= 0.6 is 0 Å². The first kappa shape index (κ1) is 15.0. The van der Waals surface area contributed by atoms with Crippen molar-refractivity contribution in [2.24, 2.45) is 5.92 Å². The highest BCUT2D eigenvalue weighted by Gasteiger charge is 2.31. The second kappa shape index (κ2) is 5.90. The van der Waals surface area contributed by atoms with Gasteiger partial charge in [0.1, 0.15) is 0 Å². The lowest BCUT2D eigenvalue weighted by molar-refractivity contribution is 0.600. The van der Waals surface area contributed by atoms with Gasteiger partial charge in [0.05, 0.1) is 17.7 Å². The Balaban J connectivity index is 2.06. The van der Waals surface area contributed by atoms with E-state index >= 15 is 0 Å². The van der Waals surface area contributed by atoms with Gasteiger partial charge in [0.25, 0.3) is 0 Å². The van der Waals surface area contributed by atoms with Gasteiger partial charge in [0.2, 0.25) is 5.95 Å². The van der Waals surface area contributed by atoms with Crippen molar-refractivity contribution in [3.05, 3.63) is 6.20 Å². The number of nitrogens with zero attached hydrogens (tertiary/aromatic N) is 4. The maximum absolute atomic E-state index is 11.5. The molecule has 112 valence electrons. The van der Waals surface area contributed by atoms with Crippen molar-refractivity contribution in [2.75, 3.05) is 35.3 Å². The van der Waals surface area contributed by atoms with Gasteiger partial charge < -0.3 is 10.2 Å². The highest BCUT2D eigenvalue weighted by atomic mass is 32.2. The molecule has 0 amide bonds. The van der Waals surface area contributed by atoms with E-state index in [0.717, 1.165) is 6.54 Å². The van der Waals surface area contributed by atoms with E-state index in [1.807, 2.05) is 11.9 Å². The number of hydrogen-bond donors (Lipinski definition) is 1. The van der Waals surface area contributed by atoms with Crippen molar-refractivity contribution < 1.29 is 8.42 Å². The van der Waals surface area contributed by atoms with E-state index in [1.54, 1.807) is 6.20 Å². The van der Waals surface area contributed by atoms with Gasteiger partial charge >= 0.3 is 0 Å². The molecule has 1 atom stereocenters. The molecule has 0 aromatic carbocycles. The number of hydrogen-bond acceptors (Lipinski definition) is 7. The van der Waals surface area contributed by atoms with Crippen molar-refractivity contribution in [2.45, 2.75) is 26.3 Å². The Hall–Kier alpha value is -1.44. The standard InChI is InChI=1S/C12H21N5O2S/c1-9(2)6-13-12-15-11(7-14-16-12)17(3)10-4-5-20(18,19)8-10/h7,9-10H,4-6,8H2,1-3H3,(H,13,15,16). The Morgan fingerprint density at radius 1 is 1.50 bits per heavy atom. The Morgan fingerprint density at radius 3 is 2.85 bits per heavy atom. The summed E-state index contributed by atoms with van der Waals surface area (Å²) in [6.45, 7) is 4.96. The highest BCUT2D eigenvalue weighted by Crippen LogP contribution is 2.21. The lowest BCUT2D eigenvalue weighted by Crippen LogP contribution is -2.33. The number of sulfone groups is 1. The number of nitrogens with one attached hydrogen (secondary N) is 1. The third-order valence-electron chi connectivity index (χ3n) is 3.33. The van der Waals surface area contributed by atoms with Gasteiger partial charge in [-0.05, 0) is 12.3 Å². The lowest BCUT2D eigenvalue weighted by atomic mass is 10.2. The third kappa shape index (κ3) is 3.78. The largest absolute Gasteiger partial charge is 0.354 e. The summed E-state index contributed by atoms with van der Waals surface area (Å²) < 4.78 is 23.1. The fourth-order valence-corrected chi connectivity index (χ4v) is 3.88. The maximum Gasteiger partial charge on any atom is 0.244 e. The molecule has 20 heavy (non-hydrogen) atoms. The first-order valence-corrected chi connectivity index (χ1v) is 8.56. The van der Waals surface area contributed by atoms with E-state index in [0.29, 0.717) is 24.1 Å². The molecule has 1 aromatic rings. The van der Waals surface area contributed by atoms with Gasteiger partial charge in [-0.3, -0.25) is 0 Å². The average Bonchev–Trinajstić information content (AvgIpc) is 2.76. The Labute approximate surface area is 119 Å². The minimum Gasteiger partial charge on any atom is -0.354 e. The smallest absolute Gasteiger partial charge is 0.244 e. The highest BCUT2D eigenvalue weighted by molar-refractivity contribution is 7.91. The summed E-state index contributed by atoms with van der Waals surface area (Å²) in [7, 11) is -1.05. The molecule has 1 aliphatic heterocycles. The number of rotatable bonds is 5. The number of aromatic nitrogens is 3. The quantitative estimate of drug-likeness (QED) is 0.850. The van der Waals surface area contributed by atoms with Crippen LogP contribution in [0.2, 0.25) is 0 Å². The molecule has 1 N–H and O–H groups in total. The topological polar surface area (TPSA) is 88.1 Å². The molecule has 1 aromatic heterocycles. The Kier molecular flexibility index (Phi) is 4.42. The Morgan fingerprint density at radius 2 is 2.25 bits per heavy atom. The van der Waals surface area contributed by atoms with Crippen LogP contribution in [-0.2, 0) is 9.84 Å². The van der Waals surface area contributed by atoms with Gasteiger partial charge in [0.15, 0.2) is 15.7 Å². The summed E-state index contributed by atoms with van der Waals surface area (Å²) in [4.78, 5) is 6.26. The zero-order valence-electron chi connectivity index (χ0n) is 12.1. The number of anilines is 2. The van der Waals surface area contributed by atoms with E-state index in [9.17, 15) is 8.42 Å². The molecule has 0 aliphatic carbocycles. The fourth-order valence-electron chi connectivity index (χ4n) is 2.10. The predicted molar refractivity (Wildman–Crippen MR) is 78.6 cm³/mol. The molecular formula is C12H21N5O2S. The second-order valence-electron chi connectivity index (χ2n) is 5.58. The average molecular weight is 299 g/mol. The summed E-state index contributed by atoms with van der Waals surface area (Å²) in [5, 5.41) is 11.0. The normalized spacial score (nSPS) is 21.1. The molecule has 1 unspecified atom stereocenters. The molecule has 0 bridgehead atoms. The van der Waals surface area contributed by atoms with Crippen LogP contribution in [0.1, 0.15) is 20.3 Å². The van der Waals surface area contributed by atoms with Crippen LogP contribution in [0.3, 0.4) is 0 Å². The van der Waals surface area contributed by atoms with Gasteiger partial charge in [-0.25, -0.2) is 8.42 Å². The monoisotopic (exact) mass is 299 g/mol.